The van der Waals surface area contributed by atoms with Crippen LogP contribution in [0.4, 0.5) is 0 Å². The van der Waals surface area contributed by atoms with Gasteiger partial charge in [0.25, 0.3) is 0 Å². The highest BCUT2D eigenvalue weighted by atomic mass is 16.5. The van der Waals surface area contributed by atoms with E-state index in [1.807, 2.05) is 30.3 Å². The molecule has 2 aromatic carbocycles. The zero-order valence-corrected chi connectivity index (χ0v) is 27.8. The highest BCUT2D eigenvalue weighted by Gasteiger charge is 2.84. The SMILES string of the molecule is C[C@H]1C[C@H]2O[C@]3(CC[C@H]4[C@@H]5CC=C6CC(=O)CC[C@]6(C)[C@H]5CC45CC53C)[C@H](C)[C@@H]2N(Cc2ccc(Oc3ccccc3)cc2)C1. The lowest BCUT2D eigenvalue weighted by molar-refractivity contribution is -0.148. The van der Waals surface area contributed by atoms with Gasteiger partial charge in [-0.2, -0.15) is 0 Å². The van der Waals surface area contributed by atoms with Crippen LogP contribution in [0.3, 0.4) is 0 Å². The van der Waals surface area contributed by atoms with Gasteiger partial charge in [-0.15, -0.1) is 0 Å². The van der Waals surface area contributed by atoms with Crippen LogP contribution >= 0.6 is 0 Å². The third-order valence-electron chi connectivity index (χ3n) is 15.1. The summed E-state index contributed by atoms with van der Waals surface area (Å²) >= 11 is 0. The number of carbonyl (C=O) groups excluding carboxylic acids is 1. The largest absolute Gasteiger partial charge is 0.457 e. The Hall–Kier alpha value is -2.43. The summed E-state index contributed by atoms with van der Waals surface area (Å²) in [4.78, 5) is 15.2. The summed E-state index contributed by atoms with van der Waals surface area (Å²) in [6.07, 6.45) is 13.1. The molecule has 4 nitrogen and oxygen atoms in total. The number of rotatable bonds is 4. The van der Waals surface area contributed by atoms with Crippen LogP contribution in [0, 0.1) is 45.8 Å². The van der Waals surface area contributed by atoms with Crippen LogP contribution in [0.5, 0.6) is 11.5 Å². The molecule has 45 heavy (non-hydrogen) atoms. The van der Waals surface area contributed by atoms with Gasteiger partial charge in [0.1, 0.15) is 17.3 Å². The number of Topliss-reactive ketones (excluding diaryl/α,β-unsaturated/α-hetero) is 1. The second-order valence-corrected chi connectivity index (χ2v) is 17.0. The van der Waals surface area contributed by atoms with E-state index in [1.165, 1.54) is 49.7 Å². The number of carbonyl (C=O) groups is 1. The van der Waals surface area contributed by atoms with Crippen molar-refractivity contribution in [1.82, 2.24) is 4.90 Å². The number of ether oxygens (including phenoxy) is 2. The lowest BCUT2D eigenvalue weighted by Crippen LogP contribution is -2.54. The van der Waals surface area contributed by atoms with Gasteiger partial charge in [-0.3, -0.25) is 9.69 Å². The second-order valence-electron chi connectivity index (χ2n) is 17.0. The molecular weight excluding hydrogens is 554 g/mol. The van der Waals surface area contributed by atoms with Gasteiger partial charge < -0.3 is 9.47 Å². The average molecular weight is 606 g/mol. The molecule has 2 aromatic rings. The fourth-order valence-corrected chi connectivity index (χ4v) is 13.0. The van der Waals surface area contributed by atoms with Crippen LogP contribution in [0.2, 0.25) is 0 Å². The maximum absolute atomic E-state index is 12.4. The van der Waals surface area contributed by atoms with E-state index in [9.17, 15) is 4.79 Å². The fraction of sp³-hybridized carbons (Fsp3) is 0.634. The van der Waals surface area contributed by atoms with Crippen LogP contribution in [-0.4, -0.2) is 35.0 Å². The number of hydrogen-bond acceptors (Lipinski definition) is 4. The molecule has 2 aliphatic heterocycles. The van der Waals surface area contributed by atoms with Crippen molar-refractivity contribution in [3.05, 3.63) is 71.8 Å². The molecule has 0 amide bonds. The summed E-state index contributed by atoms with van der Waals surface area (Å²) in [5, 5.41) is 0. The lowest BCUT2D eigenvalue weighted by Gasteiger charge is -2.50. The molecule has 5 aliphatic carbocycles. The lowest BCUT2D eigenvalue weighted by atomic mass is 9.56. The quantitative estimate of drug-likeness (QED) is 0.326. The standard InChI is InChI=1S/C41H51NO3/c1-26-20-36-37(42(23-26)24-28-10-13-32(14-11-28)44-31-8-6-5-7-9-31)27(2)41(45-36)19-17-34-33-15-12-29-21-30(43)16-18-38(29,3)35(33)22-40(34)25-39(40,41)4/h5-14,26-27,33-37H,15-25H2,1-4H3/t26-,27+,33-,34-,35-,36+,37-,38-,39?,40?,41+/m0/s1. The Morgan fingerprint density at radius 1 is 0.978 bits per heavy atom. The van der Waals surface area contributed by atoms with Gasteiger partial charge in [0.15, 0.2) is 0 Å². The minimum absolute atomic E-state index is 0.0122. The van der Waals surface area contributed by atoms with Crippen molar-refractivity contribution < 1.29 is 14.3 Å². The van der Waals surface area contributed by atoms with Crippen molar-refractivity contribution in [2.24, 2.45) is 45.8 Å². The smallest absolute Gasteiger partial charge is 0.136 e. The predicted octanol–water partition coefficient (Wildman–Crippen LogP) is 8.99. The van der Waals surface area contributed by atoms with E-state index in [4.69, 9.17) is 9.47 Å². The molecule has 6 fully saturated rings. The Bertz CT molecular complexity index is 1530. The fourth-order valence-electron chi connectivity index (χ4n) is 13.0. The molecule has 2 heterocycles. The molecule has 238 valence electrons. The van der Waals surface area contributed by atoms with E-state index < -0.39 is 0 Å². The molecule has 4 heteroatoms. The van der Waals surface area contributed by atoms with Crippen LogP contribution < -0.4 is 4.74 Å². The van der Waals surface area contributed by atoms with Gasteiger partial charge in [-0.25, -0.2) is 0 Å². The molecule has 7 aliphatic rings. The zero-order valence-electron chi connectivity index (χ0n) is 27.8. The number of piperidine rings is 1. The van der Waals surface area contributed by atoms with Crippen molar-refractivity contribution in [3.63, 3.8) is 0 Å². The van der Waals surface area contributed by atoms with E-state index in [-0.39, 0.29) is 16.4 Å². The van der Waals surface area contributed by atoms with Crippen molar-refractivity contribution >= 4 is 5.78 Å². The molecule has 0 N–H and O–H groups in total. The predicted molar refractivity (Wildman–Crippen MR) is 177 cm³/mol. The molecule has 0 bridgehead atoms. The van der Waals surface area contributed by atoms with E-state index >= 15 is 0 Å². The maximum Gasteiger partial charge on any atom is 0.136 e. The second kappa shape index (κ2) is 9.80. The number of allylic oxidation sites excluding steroid dienone is 2. The number of benzene rings is 2. The Balaban J connectivity index is 0.962. The summed E-state index contributed by atoms with van der Waals surface area (Å²) in [5.74, 6) is 5.78. The first kappa shape index (κ1) is 28.8. The van der Waals surface area contributed by atoms with Gasteiger partial charge in [0, 0.05) is 43.3 Å². The number of para-hydroxylation sites is 1. The molecule has 11 atom stereocenters. The van der Waals surface area contributed by atoms with Crippen LogP contribution in [0.1, 0.15) is 91.0 Å². The summed E-state index contributed by atoms with van der Waals surface area (Å²) in [5.41, 5.74) is 3.78. The maximum atomic E-state index is 12.4. The van der Waals surface area contributed by atoms with Crippen LogP contribution in [-0.2, 0) is 16.1 Å². The first-order valence-electron chi connectivity index (χ1n) is 18.1. The minimum Gasteiger partial charge on any atom is -0.457 e. The monoisotopic (exact) mass is 605 g/mol. The van der Waals surface area contributed by atoms with E-state index in [0.29, 0.717) is 35.2 Å². The first-order chi connectivity index (χ1) is 21.7. The van der Waals surface area contributed by atoms with E-state index in [0.717, 1.165) is 61.6 Å². The summed E-state index contributed by atoms with van der Waals surface area (Å²) < 4.78 is 13.7. The summed E-state index contributed by atoms with van der Waals surface area (Å²) in [7, 11) is 0. The highest BCUT2D eigenvalue weighted by molar-refractivity contribution is 5.82. The van der Waals surface area contributed by atoms with Crippen LogP contribution in [0.15, 0.2) is 66.2 Å². The number of likely N-dealkylation sites (tertiary alicyclic amines) is 1. The average Bonchev–Trinajstić information content (AvgIpc) is 3.37. The normalized spacial score (nSPS) is 46.4. The zero-order chi connectivity index (χ0) is 30.8. The number of ketones is 1. The van der Waals surface area contributed by atoms with Crippen molar-refractivity contribution in [2.75, 3.05) is 6.54 Å². The number of fused-ring (bicyclic) bond motifs is 6. The summed E-state index contributed by atoms with van der Waals surface area (Å²) in [6.45, 7) is 12.3. The highest BCUT2D eigenvalue weighted by Crippen LogP contribution is 2.87. The summed E-state index contributed by atoms with van der Waals surface area (Å²) in [6, 6.07) is 19.3. The van der Waals surface area contributed by atoms with E-state index in [1.54, 1.807) is 0 Å². The van der Waals surface area contributed by atoms with Crippen LogP contribution in [0.25, 0.3) is 0 Å². The van der Waals surface area contributed by atoms with Crippen molar-refractivity contribution in [2.45, 2.75) is 110 Å². The molecular formula is C41H51NO3. The van der Waals surface area contributed by atoms with Gasteiger partial charge >= 0.3 is 0 Å². The molecule has 0 aromatic heterocycles. The minimum atomic E-state index is -0.0122. The molecule has 0 radical (unpaired) electrons. The molecule has 9 rings (SSSR count). The Kier molecular flexibility index (Phi) is 6.26. The molecule has 4 saturated carbocycles. The van der Waals surface area contributed by atoms with Gasteiger partial charge in [-0.05, 0) is 109 Å². The first-order valence-corrected chi connectivity index (χ1v) is 18.1. The van der Waals surface area contributed by atoms with Gasteiger partial charge in [0.2, 0.25) is 0 Å². The van der Waals surface area contributed by atoms with Gasteiger partial charge in [-0.1, -0.05) is 69.7 Å². The molecule has 2 unspecified atom stereocenters. The topological polar surface area (TPSA) is 38.8 Å². The Labute approximate surface area is 269 Å². The van der Waals surface area contributed by atoms with Gasteiger partial charge in [0.05, 0.1) is 11.7 Å². The molecule has 2 spiro atoms. The molecule has 2 saturated heterocycles. The van der Waals surface area contributed by atoms with E-state index in [2.05, 4.69) is 62.9 Å². The Morgan fingerprint density at radius 3 is 2.56 bits per heavy atom. The van der Waals surface area contributed by atoms with Crippen molar-refractivity contribution in [3.8, 4) is 11.5 Å². The third-order valence-corrected chi connectivity index (χ3v) is 15.1. The third kappa shape index (κ3) is 3.94. The van der Waals surface area contributed by atoms with Crippen molar-refractivity contribution in [1.29, 1.82) is 0 Å². The number of hydrogen-bond donors (Lipinski definition) is 0. The Morgan fingerprint density at radius 2 is 1.76 bits per heavy atom. The number of nitrogens with zero attached hydrogens (tertiary/aromatic N) is 1.